The lowest BCUT2D eigenvalue weighted by Gasteiger charge is -2.17. The van der Waals surface area contributed by atoms with E-state index < -0.39 is 10.2 Å². The molecule has 0 N–H and O–H groups in total. The van der Waals surface area contributed by atoms with Gasteiger partial charge in [-0.1, -0.05) is 24.3 Å². The van der Waals surface area contributed by atoms with Crippen molar-refractivity contribution in [2.45, 2.75) is 6.92 Å². The smallest absolute Gasteiger partial charge is 0.222 e. The lowest BCUT2D eigenvalue weighted by Crippen LogP contribution is -2.68. The van der Waals surface area contributed by atoms with Crippen LogP contribution in [-0.2, 0) is 11.4 Å². The standard InChI is InChI=1S/C9H11S.ClHO4/c1-2-10-9-7-5-3-4-6-8-9;2-1(3,4)5/h3-8H,2H2,1H3;(H,2,3,4,5)/q+1;/p-1. The first kappa shape index (κ1) is 14.4. The van der Waals surface area contributed by atoms with Crippen LogP contribution in [0.15, 0.2) is 36.4 Å². The molecular weight excluding hydrogens is 240 g/mol. The summed E-state index contributed by atoms with van der Waals surface area (Å²) in [6.45, 7) is 2.16. The van der Waals surface area contributed by atoms with E-state index in [2.05, 4.69) is 31.2 Å². The summed E-state index contributed by atoms with van der Waals surface area (Å²) < 4.78 is 35.3. The Kier molecular flexibility index (Phi) is 7.41. The van der Waals surface area contributed by atoms with Crippen LogP contribution in [-0.4, -0.2) is 5.75 Å². The lowest BCUT2D eigenvalue weighted by atomic mass is 10.5. The van der Waals surface area contributed by atoms with E-state index in [0.29, 0.717) is 0 Å². The molecule has 0 aliphatic rings. The second-order valence-corrected chi connectivity index (χ2v) is 4.41. The third-order valence-corrected chi connectivity index (χ3v) is 2.06. The van der Waals surface area contributed by atoms with Crippen molar-refractivity contribution in [2.75, 3.05) is 5.75 Å². The van der Waals surface area contributed by atoms with E-state index in [9.17, 15) is 0 Å². The van der Waals surface area contributed by atoms with Crippen molar-refractivity contribution >= 4 is 11.4 Å². The number of rotatable bonds is 1. The van der Waals surface area contributed by atoms with Gasteiger partial charge in [0, 0.05) is 12.1 Å². The predicted octanol–water partition coefficient (Wildman–Crippen LogP) is -2.43. The zero-order chi connectivity index (χ0) is 11.7. The van der Waals surface area contributed by atoms with Crippen molar-refractivity contribution in [3.8, 4) is 0 Å². The molecule has 0 unspecified atom stereocenters. The second-order valence-electron chi connectivity index (χ2n) is 2.32. The minimum absolute atomic E-state index is 1.14. The molecule has 0 amide bonds. The highest BCUT2D eigenvalue weighted by atomic mass is 35.7. The minimum Gasteiger partial charge on any atom is -0.222 e. The first-order valence-electron chi connectivity index (χ1n) is 4.06. The van der Waals surface area contributed by atoms with Gasteiger partial charge in [0.25, 0.3) is 0 Å². The number of halogens is 1. The molecule has 0 aliphatic heterocycles. The largest absolute Gasteiger partial charge is 0.224 e. The second kappa shape index (κ2) is 7.70. The maximum atomic E-state index is 8.49. The molecule has 0 bridgehead atoms. The predicted molar refractivity (Wildman–Crippen MR) is 47.6 cm³/mol. The van der Waals surface area contributed by atoms with Crippen molar-refractivity contribution in [2.24, 2.45) is 0 Å². The fraction of sp³-hybridized carbons (Fsp3) is 0.222. The Labute approximate surface area is 94.1 Å². The Morgan fingerprint density at radius 1 is 1.00 bits per heavy atom. The normalized spacial score (nSPS) is 9.93. The van der Waals surface area contributed by atoms with E-state index >= 15 is 0 Å². The Bertz CT molecular complexity index is 309. The molecular formula is C9H11ClO4S. The zero-order valence-corrected chi connectivity index (χ0v) is 9.66. The Morgan fingerprint density at radius 3 is 1.73 bits per heavy atom. The number of hydrogen-bond acceptors (Lipinski definition) is 4. The molecule has 1 aromatic carbocycles. The summed E-state index contributed by atoms with van der Waals surface area (Å²) >= 11 is 1.87. The third kappa shape index (κ3) is 13.4. The van der Waals surface area contributed by atoms with Crippen molar-refractivity contribution in [1.82, 2.24) is 0 Å². The van der Waals surface area contributed by atoms with Gasteiger partial charge >= 0.3 is 0 Å². The molecule has 0 atom stereocenters. The summed E-state index contributed by atoms with van der Waals surface area (Å²) in [6.07, 6.45) is 0. The molecule has 0 aromatic heterocycles. The zero-order valence-electron chi connectivity index (χ0n) is 8.09. The van der Waals surface area contributed by atoms with Crippen LogP contribution in [0, 0.1) is 14.8 Å². The molecule has 1 rings (SSSR count). The van der Waals surface area contributed by atoms with Crippen LogP contribution in [0.25, 0.3) is 0 Å². The summed E-state index contributed by atoms with van der Waals surface area (Å²) in [5, 5.41) is 0. The molecule has 84 valence electrons. The van der Waals surface area contributed by atoms with Crippen LogP contribution < -0.4 is 18.6 Å². The average Bonchev–Trinajstić information content (AvgIpc) is 2.30. The van der Waals surface area contributed by atoms with Crippen LogP contribution in [0.1, 0.15) is 6.92 Å². The van der Waals surface area contributed by atoms with Crippen LogP contribution in [0.2, 0.25) is 0 Å². The van der Waals surface area contributed by atoms with E-state index in [1.165, 1.54) is 4.51 Å². The van der Waals surface area contributed by atoms with Crippen LogP contribution in [0.5, 0.6) is 0 Å². The van der Waals surface area contributed by atoms with Gasteiger partial charge in [0.2, 0.25) is 4.51 Å². The van der Waals surface area contributed by atoms with Crippen LogP contribution in [0.3, 0.4) is 0 Å². The molecule has 15 heavy (non-hydrogen) atoms. The summed E-state index contributed by atoms with van der Waals surface area (Å²) in [6, 6.07) is 12.5. The summed E-state index contributed by atoms with van der Waals surface area (Å²) in [5.41, 5.74) is 0. The van der Waals surface area contributed by atoms with E-state index in [0.717, 1.165) is 5.75 Å². The molecule has 0 aliphatic carbocycles. The Morgan fingerprint density at radius 2 is 1.40 bits per heavy atom. The highest BCUT2D eigenvalue weighted by molar-refractivity contribution is 7.70. The van der Waals surface area contributed by atoms with Crippen molar-refractivity contribution in [3.63, 3.8) is 0 Å². The molecule has 0 saturated carbocycles. The highest BCUT2D eigenvalue weighted by Crippen LogP contribution is 1.86. The van der Waals surface area contributed by atoms with E-state index in [-0.39, 0.29) is 0 Å². The molecule has 6 heteroatoms. The summed E-state index contributed by atoms with van der Waals surface area (Å²) in [7, 11) is -4.94. The third-order valence-electron chi connectivity index (χ3n) is 1.17. The first-order valence-corrected chi connectivity index (χ1v) is 6.28. The maximum Gasteiger partial charge on any atom is 0.224 e. The molecule has 0 spiro atoms. The highest BCUT2D eigenvalue weighted by Gasteiger charge is 1.86. The van der Waals surface area contributed by atoms with Crippen LogP contribution in [0.4, 0.5) is 0 Å². The fourth-order valence-corrected chi connectivity index (χ4v) is 1.43. The van der Waals surface area contributed by atoms with E-state index in [4.69, 9.17) is 18.6 Å². The first-order chi connectivity index (χ1) is 6.93. The topological polar surface area (TPSA) is 92.2 Å². The fourth-order valence-electron chi connectivity index (χ4n) is 0.748. The van der Waals surface area contributed by atoms with Gasteiger partial charge < -0.3 is 0 Å². The van der Waals surface area contributed by atoms with Crippen molar-refractivity contribution < 1.29 is 28.9 Å². The van der Waals surface area contributed by atoms with Gasteiger partial charge in [0.15, 0.2) is 17.1 Å². The minimum atomic E-state index is -4.94. The summed E-state index contributed by atoms with van der Waals surface area (Å²) in [4.78, 5) is 0. The number of hydrogen-bond donors (Lipinski definition) is 0. The van der Waals surface area contributed by atoms with Gasteiger partial charge in [-0.15, -0.1) is 10.2 Å². The van der Waals surface area contributed by atoms with Gasteiger partial charge in [0.1, 0.15) is 0 Å². The summed E-state index contributed by atoms with van der Waals surface area (Å²) in [5.74, 6) is 1.14. The maximum absolute atomic E-state index is 8.49. The van der Waals surface area contributed by atoms with Gasteiger partial charge in [-0.25, -0.2) is 18.6 Å². The molecule has 0 saturated heterocycles. The lowest BCUT2D eigenvalue weighted by molar-refractivity contribution is -2.00. The Hall–Kier alpha value is -0.560. The van der Waals surface area contributed by atoms with E-state index in [1.54, 1.807) is 0 Å². The molecule has 0 heterocycles. The van der Waals surface area contributed by atoms with Gasteiger partial charge in [-0.05, 0) is 6.92 Å². The Balaban J connectivity index is 0.000000336. The van der Waals surface area contributed by atoms with Crippen molar-refractivity contribution in [1.29, 1.82) is 0 Å². The van der Waals surface area contributed by atoms with Gasteiger partial charge in [-0.3, -0.25) is 0 Å². The van der Waals surface area contributed by atoms with E-state index in [1.807, 2.05) is 23.5 Å². The van der Waals surface area contributed by atoms with Crippen LogP contribution >= 0.6 is 0 Å². The molecule has 0 fully saturated rings. The monoisotopic (exact) mass is 250 g/mol. The van der Waals surface area contributed by atoms with Crippen molar-refractivity contribution in [3.05, 3.63) is 40.9 Å². The molecule has 0 radical (unpaired) electrons. The average molecular weight is 251 g/mol. The SMILES string of the molecule is CC[S+]=c1cccccc1.[O-][Cl+3]([O-])([O-])[O-]. The van der Waals surface area contributed by atoms with Gasteiger partial charge in [-0.2, -0.15) is 0 Å². The molecule has 4 nitrogen and oxygen atoms in total. The van der Waals surface area contributed by atoms with Gasteiger partial charge in [0.05, 0.1) is 0 Å². The molecule has 1 aromatic rings. The quantitative estimate of drug-likeness (QED) is 0.409.